The molecular weight excluding hydrogens is 240 g/mol. The third kappa shape index (κ3) is 2.51. The summed E-state index contributed by atoms with van der Waals surface area (Å²) in [7, 11) is 1.92. The van der Waals surface area contributed by atoms with Gasteiger partial charge in [-0.2, -0.15) is 0 Å². The minimum Gasteiger partial charge on any atom is -0.386 e. The van der Waals surface area contributed by atoms with Gasteiger partial charge in [0.15, 0.2) is 0 Å². The highest BCUT2D eigenvalue weighted by Gasteiger charge is 2.05. The maximum atomic E-state index is 3.68. The van der Waals surface area contributed by atoms with Crippen molar-refractivity contribution < 1.29 is 0 Å². The lowest BCUT2D eigenvalue weighted by molar-refractivity contribution is 1.31. The van der Waals surface area contributed by atoms with Crippen LogP contribution in [0.2, 0.25) is 0 Å². The van der Waals surface area contributed by atoms with Crippen LogP contribution in [0.25, 0.3) is 0 Å². The highest BCUT2D eigenvalue weighted by atomic mass is 79.9. The molecule has 3 heteroatoms. The number of benzene rings is 1. The molecule has 0 bridgehead atoms. The predicted molar refractivity (Wildman–Crippen MR) is 67.1 cm³/mol. The molecule has 0 fully saturated rings. The molecule has 0 aliphatic carbocycles. The zero-order valence-electron chi connectivity index (χ0n) is 8.52. The van der Waals surface area contributed by atoms with Gasteiger partial charge in [0.2, 0.25) is 0 Å². The fourth-order valence-electron chi connectivity index (χ4n) is 1.29. The molecule has 2 N–H and O–H groups in total. The van der Waals surface area contributed by atoms with Crippen LogP contribution in [0.15, 0.2) is 29.3 Å². The molecule has 0 heterocycles. The molecule has 0 saturated heterocycles. The molecule has 0 aliphatic heterocycles. The summed E-state index contributed by atoms with van der Waals surface area (Å²) in [6.07, 6.45) is 1.84. The Morgan fingerprint density at radius 3 is 2.79 bits per heavy atom. The topological polar surface area (TPSA) is 24.1 Å². The molecule has 0 saturated carbocycles. The van der Waals surface area contributed by atoms with Gasteiger partial charge in [0, 0.05) is 18.1 Å². The van der Waals surface area contributed by atoms with Crippen molar-refractivity contribution in [1.82, 2.24) is 0 Å². The first kappa shape index (κ1) is 11.1. The van der Waals surface area contributed by atoms with Crippen LogP contribution in [-0.2, 0) is 0 Å². The lowest BCUT2D eigenvalue weighted by Crippen LogP contribution is -2.03. The Morgan fingerprint density at radius 2 is 2.21 bits per heavy atom. The van der Waals surface area contributed by atoms with Crippen LogP contribution in [0.4, 0.5) is 11.4 Å². The van der Waals surface area contributed by atoms with E-state index in [0.717, 1.165) is 22.4 Å². The molecule has 1 aromatic carbocycles. The Kier molecular flexibility index (Phi) is 4.01. The molecular formula is C11H15BrN2. The van der Waals surface area contributed by atoms with E-state index >= 15 is 0 Å². The van der Waals surface area contributed by atoms with Gasteiger partial charge in [0.05, 0.1) is 11.4 Å². The van der Waals surface area contributed by atoms with E-state index in [-0.39, 0.29) is 0 Å². The molecule has 0 unspecified atom stereocenters. The van der Waals surface area contributed by atoms with Gasteiger partial charge >= 0.3 is 0 Å². The van der Waals surface area contributed by atoms with Crippen molar-refractivity contribution in [2.24, 2.45) is 0 Å². The molecule has 0 aliphatic rings. The van der Waals surface area contributed by atoms with E-state index in [9.17, 15) is 0 Å². The Balaban J connectivity index is 3.04. The second-order valence-electron chi connectivity index (χ2n) is 3.09. The zero-order valence-corrected chi connectivity index (χ0v) is 10.1. The molecule has 0 spiro atoms. The fraction of sp³-hybridized carbons (Fsp3) is 0.273. The maximum absolute atomic E-state index is 3.68. The summed E-state index contributed by atoms with van der Waals surface area (Å²) >= 11 is 3.53. The van der Waals surface area contributed by atoms with Crippen LogP contribution in [0, 0.1) is 6.92 Å². The highest BCUT2D eigenvalue weighted by molar-refractivity contribution is 9.10. The number of hydrogen-bond donors (Lipinski definition) is 2. The van der Waals surface area contributed by atoms with E-state index in [1.165, 1.54) is 5.56 Å². The first-order valence-corrected chi connectivity index (χ1v) is 5.31. The summed E-state index contributed by atoms with van der Waals surface area (Å²) in [6.45, 7) is 6.51. The Hall–Kier alpha value is -0.960. The van der Waals surface area contributed by atoms with E-state index < -0.39 is 0 Å². The summed E-state index contributed by atoms with van der Waals surface area (Å²) in [5.74, 6) is 0. The lowest BCUT2D eigenvalue weighted by Gasteiger charge is -2.13. The van der Waals surface area contributed by atoms with Gasteiger partial charge < -0.3 is 10.6 Å². The van der Waals surface area contributed by atoms with E-state index in [0.29, 0.717) is 0 Å². The minimum atomic E-state index is 0.760. The van der Waals surface area contributed by atoms with Crippen molar-refractivity contribution in [3.8, 4) is 0 Å². The molecule has 1 rings (SSSR count). The van der Waals surface area contributed by atoms with Crippen molar-refractivity contribution in [2.45, 2.75) is 6.92 Å². The predicted octanol–water partition coefficient (Wildman–Crippen LogP) is 3.40. The van der Waals surface area contributed by atoms with E-state index in [1.54, 1.807) is 0 Å². The van der Waals surface area contributed by atoms with Crippen LogP contribution in [0.1, 0.15) is 5.56 Å². The Bertz CT molecular complexity index is 334. The second-order valence-corrected chi connectivity index (χ2v) is 3.94. The number of aryl methyl sites for hydroxylation is 1. The Morgan fingerprint density at radius 1 is 1.50 bits per heavy atom. The van der Waals surface area contributed by atoms with Gasteiger partial charge in [-0.15, -0.1) is 6.58 Å². The summed E-state index contributed by atoms with van der Waals surface area (Å²) in [4.78, 5) is 0. The molecule has 76 valence electrons. The molecule has 1 aromatic rings. The molecule has 0 atom stereocenters. The van der Waals surface area contributed by atoms with E-state index in [2.05, 4.69) is 52.2 Å². The maximum Gasteiger partial charge on any atom is 0.0722 e. The molecule has 0 aromatic heterocycles. The monoisotopic (exact) mass is 254 g/mol. The molecule has 0 radical (unpaired) electrons. The normalized spacial score (nSPS) is 9.64. The average molecular weight is 255 g/mol. The van der Waals surface area contributed by atoms with Gasteiger partial charge in [0.25, 0.3) is 0 Å². The zero-order chi connectivity index (χ0) is 10.6. The number of nitrogens with one attached hydrogen (secondary N) is 2. The van der Waals surface area contributed by atoms with Gasteiger partial charge in [-0.1, -0.05) is 6.08 Å². The summed E-state index contributed by atoms with van der Waals surface area (Å²) < 4.78 is 1.07. The van der Waals surface area contributed by atoms with Crippen LogP contribution in [-0.4, -0.2) is 13.6 Å². The third-order valence-electron chi connectivity index (χ3n) is 1.93. The largest absolute Gasteiger partial charge is 0.386 e. The fourth-order valence-corrected chi connectivity index (χ4v) is 2.01. The SMILES string of the molecule is C=CCNc1c(Br)cc(C)cc1NC. The lowest BCUT2D eigenvalue weighted by atomic mass is 10.2. The van der Waals surface area contributed by atoms with Gasteiger partial charge in [-0.05, 0) is 40.5 Å². The van der Waals surface area contributed by atoms with Crippen molar-refractivity contribution in [1.29, 1.82) is 0 Å². The van der Waals surface area contributed by atoms with Crippen LogP contribution >= 0.6 is 15.9 Å². The third-order valence-corrected chi connectivity index (χ3v) is 2.55. The Labute approximate surface area is 93.5 Å². The summed E-state index contributed by atoms with van der Waals surface area (Å²) in [5.41, 5.74) is 3.40. The van der Waals surface area contributed by atoms with Crippen molar-refractivity contribution in [3.05, 3.63) is 34.8 Å². The van der Waals surface area contributed by atoms with Crippen LogP contribution < -0.4 is 10.6 Å². The van der Waals surface area contributed by atoms with Crippen molar-refractivity contribution in [3.63, 3.8) is 0 Å². The molecule has 14 heavy (non-hydrogen) atoms. The minimum absolute atomic E-state index is 0.760. The highest BCUT2D eigenvalue weighted by Crippen LogP contribution is 2.31. The van der Waals surface area contributed by atoms with Gasteiger partial charge in [-0.25, -0.2) is 0 Å². The van der Waals surface area contributed by atoms with Crippen LogP contribution in [0.5, 0.6) is 0 Å². The first-order chi connectivity index (χ1) is 6.69. The quantitative estimate of drug-likeness (QED) is 0.806. The van der Waals surface area contributed by atoms with Gasteiger partial charge in [-0.3, -0.25) is 0 Å². The number of anilines is 2. The standard InChI is InChI=1S/C11H15BrN2/c1-4-5-14-11-9(12)6-8(2)7-10(11)13-3/h4,6-7,13-14H,1,5H2,2-3H3. The molecule has 2 nitrogen and oxygen atoms in total. The second kappa shape index (κ2) is 5.05. The average Bonchev–Trinajstić information content (AvgIpc) is 2.15. The number of halogens is 1. The summed E-state index contributed by atoms with van der Waals surface area (Å²) in [5, 5.41) is 6.44. The van der Waals surface area contributed by atoms with E-state index in [1.807, 2.05) is 13.1 Å². The van der Waals surface area contributed by atoms with Crippen molar-refractivity contribution >= 4 is 27.3 Å². The van der Waals surface area contributed by atoms with Crippen molar-refractivity contribution in [2.75, 3.05) is 24.2 Å². The summed E-state index contributed by atoms with van der Waals surface area (Å²) in [6, 6.07) is 4.20. The van der Waals surface area contributed by atoms with Crippen LogP contribution in [0.3, 0.4) is 0 Å². The number of hydrogen-bond acceptors (Lipinski definition) is 2. The number of rotatable bonds is 4. The first-order valence-electron chi connectivity index (χ1n) is 4.51. The van der Waals surface area contributed by atoms with E-state index in [4.69, 9.17) is 0 Å². The molecule has 0 amide bonds. The smallest absolute Gasteiger partial charge is 0.0722 e. The van der Waals surface area contributed by atoms with Gasteiger partial charge in [0.1, 0.15) is 0 Å².